The summed E-state index contributed by atoms with van der Waals surface area (Å²) in [7, 11) is 0. The van der Waals surface area contributed by atoms with E-state index < -0.39 is 0 Å². The van der Waals surface area contributed by atoms with Crippen molar-refractivity contribution < 1.29 is 9.18 Å². The van der Waals surface area contributed by atoms with Gasteiger partial charge in [-0.15, -0.1) is 0 Å². The molecule has 18 heavy (non-hydrogen) atoms. The summed E-state index contributed by atoms with van der Waals surface area (Å²) < 4.78 is 13.1. The first-order valence-corrected chi connectivity index (χ1v) is 6.35. The molecule has 0 aromatic heterocycles. The summed E-state index contributed by atoms with van der Waals surface area (Å²) in [5, 5.41) is 5.91. The number of hydrogen-bond acceptors (Lipinski definition) is 2. The van der Waals surface area contributed by atoms with E-state index in [1.54, 1.807) is 26.0 Å². The predicted molar refractivity (Wildman–Crippen MR) is 72.1 cm³/mol. The topological polar surface area (TPSA) is 41.1 Å². The number of unbranched alkanes of at least 4 members (excludes halogenated alkanes) is 1. The van der Waals surface area contributed by atoms with Crippen molar-refractivity contribution in [1.29, 1.82) is 0 Å². The van der Waals surface area contributed by atoms with E-state index >= 15 is 0 Å². The summed E-state index contributed by atoms with van der Waals surface area (Å²) in [6.45, 7) is 6.27. The zero-order valence-electron chi connectivity index (χ0n) is 11.2. The molecule has 0 aliphatic carbocycles. The molecule has 1 atom stereocenters. The van der Waals surface area contributed by atoms with Gasteiger partial charge in [0.1, 0.15) is 11.9 Å². The minimum absolute atomic E-state index is 0.0366. The maximum absolute atomic E-state index is 13.1. The number of nitrogens with one attached hydrogen (secondary N) is 2. The van der Waals surface area contributed by atoms with Crippen LogP contribution in [0.25, 0.3) is 0 Å². The van der Waals surface area contributed by atoms with Gasteiger partial charge in [0.15, 0.2) is 0 Å². The van der Waals surface area contributed by atoms with E-state index in [1.807, 2.05) is 0 Å². The minimum Gasteiger partial charge on any atom is -0.374 e. The average Bonchev–Trinajstić information content (AvgIpc) is 2.34. The fraction of sp³-hybridized carbons (Fsp3) is 0.500. The Labute approximate surface area is 108 Å². The van der Waals surface area contributed by atoms with Crippen LogP contribution in [-0.4, -0.2) is 18.5 Å². The zero-order chi connectivity index (χ0) is 13.5. The van der Waals surface area contributed by atoms with E-state index in [0.717, 1.165) is 18.5 Å². The van der Waals surface area contributed by atoms with Crippen LogP contribution in [0.3, 0.4) is 0 Å². The van der Waals surface area contributed by atoms with Crippen LogP contribution < -0.4 is 10.6 Å². The summed E-state index contributed by atoms with van der Waals surface area (Å²) in [4.78, 5) is 11.7. The molecule has 1 unspecified atom stereocenters. The molecular weight excluding hydrogens is 231 g/mol. The van der Waals surface area contributed by atoms with Gasteiger partial charge in [-0.05, 0) is 44.0 Å². The van der Waals surface area contributed by atoms with Gasteiger partial charge in [-0.25, -0.2) is 4.39 Å². The second kappa shape index (κ2) is 6.99. The van der Waals surface area contributed by atoms with Crippen LogP contribution in [-0.2, 0) is 4.79 Å². The predicted octanol–water partition coefficient (Wildman–Crippen LogP) is 2.85. The van der Waals surface area contributed by atoms with E-state index in [9.17, 15) is 9.18 Å². The molecule has 0 saturated heterocycles. The molecule has 1 aromatic carbocycles. The first-order valence-electron chi connectivity index (χ1n) is 6.35. The zero-order valence-corrected chi connectivity index (χ0v) is 11.2. The van der Waals surface area contributed by atoms with Crippen LogP contribution in [0.5, 0.6) is 0 Å². The lowest BCUT2D eigenvalue weighted by molar-refractivity contribution is -0.121. The molecule has 2 N–H and O–H groups in total. The molecule has 0 aliphatic heterocycles. The van der Waals surface area contributed by atoms with Crippen LogP contribution in [0.2, 0.25) is 0 Å². The Morgan fingerprint density at radius 1 is 1.44 bits per heavy atom. The lowest BCUT2D eigenvalue weighted by Gasteiger charge is -2.15. The van der Waals surface area contributed by atoms with Crippen LogP contribution in [0, 0.1) is 12.7 Å². The number of anilines is 1. The van der Waals surface area contributed by atoms with Crippen molar-refractivity contribution in [3.8, 4) is 0 Å². The first-order chi connectivity index (χ1) is 8.54. The number of aryl methyl sites for hydroxylation is 1. The summed E-state index contributed by atoms with van der Waals surface area (Å²) >= 11 is 0. The lowest BCUT2D eigenvalue weighted by atomic mass is 10.2. The molecule has 100 valence electrons. The van der Waals surface area contributed by atoms with Crippen LogP contribution in [0.1, 0.15) is 32.3 Å². The fourth-order valence-electron chi connectivity index (χ4n) is 1.59. The summed E-state index contributed by atoms with van der Waals surface area (Å²) in [6, 6.07) is 4.41. The highest BCUT2D eigenvalue weighted by atomic mass is 19.1. The van der Waals surface area contributed by atoms with E-state index in [0.29, 0.717) is 12.1 Å². The normalized spacial score (nSPS) is 12.0. The molecule has 0 heterocycles. The molecular formula is C14H21FN2O. The third-order valence-electron chi connectivity index (χ3n) is 2.76. The SMILES string of the molecule is CCCCNC(=O)C(C)Nc1ccc(F)c(C)c1. The Morgan fingerprint density at radius 2 is 2.17 bits per heavy atom. The summed E-state index contributed by atoms with van der Waals surface area (Å²) in [5.74, 6) is -0.272. The monoisotopic (exact) mass is 252 g/mol. The molecule has 1 amide bonds. The maximum atomic E-state index is 13.1. The van der Waals surface area contributed by atoms with E-state index in [4.69, 9.17) is 0 Å². The van der Waals surface area contributed by atoms with Gasteiger partial charge in [0, 0.05) is 12.2 Å². The first kappa shape index (κ1) is 14.5. The highest BCUT2D eigenvalue weighted by Crippen LogP contribution is 2.14. The van der Waals surface area contributed by atoms with E-state index in [1.165, 1.54) is 6.07 Å². The molecule has 0 aliphatic rings. The smallest absolute Gasteiger partial charge is 0.242 e. The molecule has 1 rings (SSSR count). The number of benzene rings is 1. The molecule has 4 heteroatoms. The Morgan fingerprint density at radius 3 is 2.78 bits per heavy atom. The Bertz CT molecular complexity index is 407. The number of carbonyl (C=O) groups is 1. The molecule has 0 radical (unpaired) electrons. The minimum atomic E-state index is -0.327. The summed E-state index contributed by atoms with van der Waals surface area (Å²) in [5.41, 5.74) is 1.32. The number of hydrogen-bond donors (Lipinski definition) is 2. The summed E-state index contributed by atoms with van der Waals surface area (Å²) in [6.07, 6.45) is 2.04. The second-order valence-electron chi connectivity index (χ2n) is 4.47. The van der Waals surface area contributed by atoms with Crippen molar-refractivity contribution in [2.75, 3.05) is 11.9 Å². The maximum Gasteiger partial charge on any atom is 0.242 e. The number of amides is 1. The van der Waals surface area contributed by atoms with Gasteiger partial charge in [0.25, 0.3) is 0 Å². The molecule has 0 saturated carbocycles. The van der Waals surface area contributed by atoms with Gasteiger partial charge >= 0.3 is 0 Å². The quantitative estimate of drug-likeness (QED) is 0.764. The lowest BCUT2D eigenvalue weighted by Crippen LogP contribution is -2.38. The van der Waals surface area contributed by atoms with Gasteiger partial charge in [0.2, 0.25) is 5.91 Å². The van der Waals surface area contributed by atoms with Gasteiger partial charge in [-0.2, -0.15) is 0 Å². The van der Waals surface area contributed by atoms with Gasteiger partial charge in [-0.3, -0.25) is 4.79 Å². The number of halogens is 1. The van der Waals surface area contributed by atoms with E-state index in [2.05, 4.69) is 17.6 Å². The highest BCUT2D eigenvalue weighted by molar-refractivity contribution is 5.84. The highest BCUT2D eigenvalue weighted by Gasteiger charge is 2.11. The largest absolute Gasteiger partial charge is 0.374 e. The molecule has 0 spiro atoms. The van der Waals surface area contributed by atoms with Crippen LogP contribution in [0.4, 0.5) is 10.1 Å². The van der Waals surface area contributed by atoms with Gasteiger partial charge < -0.3 is 10.6 Å². The Balaban J connectivity index is 2.50. The number of carbonyl (C=O) groups excluding carboxylic acids is 1. The third-order valence-corrected chi connectivity index (χ3v) is 2.76. The van der Waals surface area contributed by atoms with Gasteiger partial charge in [-0.1, -0.05) is 13.3 Å². The molecule has 1 aromatic rings. The van der Waals surface area contributed by atoms with Gasteiger partial charge in [0.05, 0.1) is 0 Å². The van der Waals surface area contributed by atoms with Crippen LogP contribution in [0.15, 0.2) is 18.2 Å². The van der Waals surface area contributed by atoms with Crippen LogP contribution >= 0.6 is 0 Å². The number of rotatable bonds is 6. The van der Waals surface area contributed by atoms with Crippen molar-refractivity contribution in [3.63, 3.8) is 0 Å². The Kier molecular flexibility index (Phi) is 5.62. The molecule has 0 fully saturated rings. The van der Waals surface area contributed by atoms with Crippen molar-refractivity contribution >= 4 is 11.6 Å². The Hall–Kier alpha value is -1.58. The molecule has 3 nitrogen and oxygen atoms in total. The standard InChI is InChI=1S/C14H21FN2O/c1-4-5-8-16-14(18)11(3)17-12-6-7-13(15)10(2)9-12/h6-7,9,11,17H,4-5,8H2,1-3H3,(H,16,18). The second-order valence-corrected chi connectivity index (χ2v) is 4.47. The average molecular weight is 252 g/mol. The van der Waals surface area contributed by atoms with Crippen molar-refractivity contribution in [3.05, 3.63) is 29.6 Å². The molecule has 0 bridgehead atoms. The van der Waals surface area contributed by atoms with Crippen molar-refractivity contribution in [1.82, 2.24) is 5.32 Å². The van der Waals surface area contributed by atoms with Crippen molar-refractivity contribution in [2.45, 2.75) is 39.7 Å². The fourth-order valence-corrected chi connectivity index (χ4v) is 1.59. The van der Waals surface area contributed by atoms with Crippen molar-refractivity contribution in [2.24, 2.45) is 0 Å². The van der Waals surface area contributed by atoms with E-state index in [-0.39, 0.29) is 17.8 Å². The third kappa shape index (κ3) is 4.35.